The van der Waals surface area contributed by atoms with Crippen molar-refractivity contribution in [3.8, 4) is 0 Å². The molecule has 7 heteroatoms. The number of nitrogens with one attached hydrogen (secondary N) is 1. The SMILES string of the molecule is NC(=S)NN=Cc1ccc(N2CCOCC2)s1. The Balaban J connectivity index is 1.95. The van der Waals surface area contributed by atoms with Gasteiger partial charge < -0.3 is 15.4 Å². The monoisotopic (exact) mass is 270 g/mol. The molecule has 1 aliphatic heterocycles. The fourth-order valence-electron chi connectivity index (χ4n) is 1.52. The van der Waals surface area contributed by atoms with Crippen LogP contribution >= 0.6 is 23.6 Å². The largest absolute Gasteiger partial charge is 0.378 e. The van der Waals surface area contributed by atoms with Crippen molar-refractivity contribution in [2.75, 3.05) is 31.2 Å². The third-order valence-corrected chi connectivity index (χ3v) is 3.47. The second-order valence-corrected chi connectivity index (χ2v) is 5.04. The first-order valence-electron chi connectivity index (χ1n) is 5.27. The average molecular weight is 270 g/mol. The predicted molar refractivity (Wildman–Crippen MR) is 74.9 cm³/mol. The van der Waals surface area contributed by atoms with Crippen LogP contribution in [-0.4, -0.2) is 37.6 Å². The molecule has 0 aliphatic carbocycles. The summed E-state index contributed by atoms with van der Waals surface area (Å²) in [6.45, 7) is 3.49. The van der Waals surface area contributed by atoms with Gasteiger partial charge in [-0.2, -0.15) is 5.10 Å². The lowest BCUT2D eigenvalue weighted by molar-refractivity contribution is 0.123. The molecule has 2 heterocycles. The number of ether oxygens (including phenoxy) is 1. The van der Waals surface area contributed by atoms with Crippen molar-refractivity contribution in [3.05, 3.63) is 17.0 Å². The first-order valence-corrected chi connectivity index (χ1v) is 6.49. The first-order chi connectivity index (χ1) is 8.25. The van der Waals surface area contributed by atoms with Gasteiger partial charge in [0.25, 0.3) is 0 Å². The minimum atomic E-state index is 0.172. The van der Waals surface area contributed by atoms with Gasteiger partial charge in [-0.15, -0.1) is 11.3 Å². The molecule has 17 heavy (non-hydrogen) atoms. The highest BCUT2D eigenvalue weighted by atomic mass is 32.1. The molecule has 3 N–H and O–H groups in total. The third-order valence-electron chi connectivity index (χ3n) is 2.30. The Morgan fingerprint density at radius 3 is 3.00 bits per heavy atom. The number of hydrogen-bond donors (Lipinski definition) is 2. The van der Waals surface area contributed by atoms with Gasteiger partial charge in [-0.25, -0.2) is 0 Å². The van der Waals surface area contributed by atoms with Gasteiger partial charge in [0.15, 0.2) is 5.11 Å². The second kappa shape index (κ2) is 5.95. The standard InChI is InChI=1S/C10H14N4OS2/c11-10(16)13-12-7-8-1-2-9(17-8)14-3-5-15-6-4-14/h1-2,7H,3-6H2,(H3,11,13,16). The summed E-state index contributed by atoms with van der Waals surface area (Å²) in [4.78, 5) is 3.38. The maximum atomic E-state index is 5.32. The van der Waals surface area contributed by atoms with E-state index in [2.05, 4.69) is 33.7 Å². The number of thiophene rings is 1. The van der Waals surface area contributed by atoms with Crippen LogP contribution < -0.4 is 16.1 Å². The molecule has 1 fully saturated rings. The van der Waals surface area contributed by atoms with E-state index in [9.17, 15) is 0 Å². The van der Waals surface area contributed by atoms with Gasteiger partial charge in [-0.1, -0.05) is 0 Å². The number of hydrogen-bond acceptors (Lipinski definition) is 5. The van der Waals surface area contributed by atoms with E-state index in [-0.39, 0.29) is 5.11 Å². The Morgan fingerprint density at radius 2 is 2.29 bits per heavy atom. The average Bonchev–Trinajstić information content (AvgIpc) is 2.78. The van der Waals surface area contributed by atoms with Crippen molar-refractivity contribution in [3.63, 3.8) is 0 Å². The van der Waals surface area contributed by atoms with Gasteiger partial charge >= 0.3 is 0 Å². The predicted octanol–water partition coefficient (Wildman–Crippen LogP) is 0.752. The van der Waals surface area contributed by atoms with E-state index in [1.54, 1.807) is 17.6 Å². The van der Waals surface area contributed by atoms with Gasteiger partial charge in [0, 0.05) is 18.0 Å². The zero-order valence-corrected chi connectivity index (χ0v) is 10.9. The summed E-state index contributed by atoms with van der Waals surface area (Å²) in [5.41, 5.74) is 7.80. The van der Waals surface area contributed by atoms with Gasteiger partial charge in [0.05, 0.1) is 24.4 Å². The van der Waals surface area contributed by atoms with E-state index in [1.165, 1.54) is 5.00 Å². The smallest absolute Gasteiger partial charge is 0.184 e. The highest BCUT2D eigenvalue weighted by molar-refractivity contribution is 7.80. The number of nitrogens with two attached hydrogens (primary N) is 1. The van der Waals surface area contributed by atoms with E-state index < -0.39 is 0 Å². The molecule has 92 valence electrons. The number of hydrazone groups is 1. The summed E-state index contributed by atoms with van der Waals surface area (Å²) >= 11 is 6.34. The molecule has 1 aliphatic rings. The number of anilines is 1. The first kappa shape index (κ1) is 12.3. The summed E-state index contributed by atoms with van der Waals surface area (Å²) < 4.78 is 5.32. The molecule has 0 saturated carbocycles. The second-order valence-electron chi connectivity index (χ2n) is 3.51. The Kier molecular flexibility index (Phi) is 4.29. The van der Waals surface area contributed by atoms with Crippen molar-refractivity contribution < 1.29 is 4.74 Å². The van der Waals surface area contributed by atoms with Crippen LogP contribution in [0.3, 0.4) is 0 Å². The molecule has 5 nitrogen and oxygen atoms in total. The molecule has 2 rings (SSSR count). The summed E-state index contributed by atoms with van der Waals surface area (Å²) in [5.74, 6) is 0. The minimum Gasteiger partial charge on any atom is -0.378 e. The van der Waals surface area contributed by atoms with Gasteiger partial charge in [-0.05, 0) is 24.4 Å². The minimum absolute atomic E-state index is 0.172. The third kappa shape index (κ3) is 3.65. The highest BCUT2D eigenvalue weighted by Crippen LogP contribution is 2.25. The zero-order chi connectivity index (χ0) is 12.1. The van der Waals surface area contributed by atoms with Crippen LogP contribution in [0.25, 0.3) is 0 Å². The zero-order valence-electron chi connectivity index (χ0n) is 9.26. The summed E-state index contributed by atoms with van der Waals surface area (Å²) in [5, 5.41) is 5.34. The van der Waals surface area contributed by atoms with Gasteiger partial charge in [0.2, 0.25) is 0 Å². The summed E-state index contributed by atoms with van der Waals surface area (Å²) in [7, 11) is 0. The van der Waals surface area contributed by atoms with Crippen LogP contribution in [0.4, 0.5) is 5.00 Å². The fourth-order valence-corrected chi connectivity index (χ4v) is 2.51. The molecule has 0 radical (unpaired) electrons. The Morgan fingerprint density at radius 1 is 1.53 bits per heavy atom. The van der Waals surface area contributed by atoms with Crippen LogP contribution in [0.5, 0.6) is 0 Å². The van der Waals surface area contributed by atoms with Crippen LogP contribution in [0, 0.1) is 0 Å². The normalized spacial score (nSPS) is 16.4. The lowest BCUT2D eigenvalue weighted by Gasteiger charge is -2.27. The van der Waals surface area contributed by atoms with E-state index in [4.69, 9.17) is 10.5 Å². The van der Waals surface area contributed by atoms with Crippen molar-refractivity contribution in [2.24, 2.45) is 10.8 Å². The number of rotatable bonds is 3. The van der Waals surface area contributed by atoms with E-state index in [1.807, 2.05) is 6.07 Å². The highest BCUT2D eigenvalue weighted by Gasteiger charge is 2.12. The lowest BCUT2D eigenvalue weighted by Crippen LogP contribution is -2.35. The molecule has 0 unspecified atom stereocenters. The van der Waals surface area contributed by atoms with Crippen LogP contribution in [0.15, 0.2) is 17.2 Å². The maximum Gasteiger partial charge on any atom is 0.184 e. The van der Waals surface area contributed by atoms with Crippen LogP contribution in [0.1, 0.15) is 4.88 Å². The summed E-state index contributed by atoms with van der Waals surface area (Å²) in [6.07, 6.45) is 1.72. The molecule has 0 bridgehead atoms. The number of morpholine rings is 1. The fraction of sp³-hybridized carbons (Fsp3) is 0.400. The van der Waals surface area contributed by atoms with Gasteiger partial charge in [0.1, 0.15) is 0 Å². The molecule has 0 amide bonds. The molecule has 0 aromatic carbocycles. The topological polar surface area (TPSA) is 62.9 Å². The van der Waals surface area contributed by atoms with E-state index in [0.717, 1.165) is 31.2 Å². The van der Waals surface area contributed by atoms with Crippen molar-refractivity contribution in [1.29, 1.82) is 0 Å². The maximum absolute atomic E-state index is 5.32. The lowest BCUT2D eigenvalue weighted by atomic mass is 10.4. The Labute approximate surface area is 109 Å². The Hall–Kier alpha value is -1.18. The van der Waals surface area contributed by atoms with Crippen LogP contribution in [-0.2, 0) is 4.74 Å². The molecular weight excluding hydrogens is 256 g/mol. The molecule has 1 aromatic heterocycles. The van der Waals surface area contributed by atoms with Crippen molar-refractivity contribution in [1.82, 2.24) is 5.43 Å². The molecule has 0 spiro atoms. The van der Waals surface area contributed by atoms with Crippen molar-refractivity contribution >= 4 is 39.9 Å². The van der Waals surface area contributed by atoms with Crippen LogP contribution in [0.2, 0.25) is 0 Å². The quantitative estimate of drug-likeness (QED) is 0.482. The number of thiocarbonyl (C=S) groups is 1. The summed E-state index contributed by atoms with van der Waals surface area (Å²) in [6, 6.07) is 4.12. The van der Waals surface area contributed by atoms with Crippen molar-refractivity contribution in [2.45, 2.75) is 0 Å². The number of nitrogens with zero attached hydrogens (tertiary/aromatic N) is 2. The van der Waals surface area contributed by atoms with Gasteiger partial charge in [-0.3, -0.25) is 5.43 Å². The Bertz CT molecular complexity index is 412. The van der Waals surface area contributed by atoms with E-state index >= 15 is 0 Å². The van der Waals surface area contributed by atoms with E-state index in [0.29, 0.717) is 0 Å². The molecule has 1 saturated heterocycles. The molecule has 1 aromatic rings. The molecule has 0 atom stereocenters. The molecular formula is C10H14N4OS2.